The molecule has 1 amide bonds. The van der Waals surface area contributed by atoms with Crippen molar-refractivity contribution in [1.82, 2.24) is 5.32 Å². The number of rotatable bonds is 3. The Morgan fingerprint density at radius 2 is 2.24 bits per heavy atom. The lowest BCUT2D eigenvalue weighted by Crippen LogP contribution is -2.54. The Morgan fingerprint density at radius 3 is 2.95 bits per heavy atom. The number of halogens is 1. The minimum absolute atomic E-state index is 0.0973. The van der Waals surface area contributed by atoms with Crippen molar-refractivity contribution in [1.29, 1.82) is 5.26 Å². The molecule has 5 nitrogen and oxygen atoms in total. The van der Waals surface area contributed by atoms with Crippen LogP contribution >= 0.6 is 0 Å². The number of amides is 1. The van der Waals surface area contributed by atoms with E-state index < -0.39 is 11.9 Å². The van der Waals surface area contributed by atoms with Crippen LogP contribution in [-0.4, -0.2) is 37.7 Å². The lowest BCUT2D eigenvalue weighted by Gasteiger charge is -2.36. The van der Waals surface area contributed by atoms with Gasteiger partial charge in [-0.25, -0.2) is 4.39 Å². The van der Waals surface area contributed by atoms with E-state index in [1.807, 2.05) is 11.0 Å². The van der Waals surface area contributed by atoms with E-state index in [0.717, 1.165) is 12.8 Å². The fraction of sp³-hybridized carbons (Fsp3) is 0.467. The predicted molar refractivity (Wildman–Crippen MR) is 74.2 cm³/mol. The number of benzene rings is 1. The van der Waals surface area contributed by atoms with Crippen LogP contribution in [0.5, 0.6) is 0 Å². The van der Waals surface area contributed by atoms with Crippen LogP contribution in [0.4, 0.5) is 10.1 Å². The maximum atomic E-state index is 13.6. The molecule has 6 heteroatoms. The minimum atomic E-state index is -0.479. The average Bonchev–Trinajstić information content (AvgIpc) is 3.30. The molecule has 1 aliphatic heterocycles. The number of carbonyl (C=O) groups is 1. The van der Waals surface area contributed by atoms with Crippen LogP contribution in [0.15, 0.2) is 18.2 Å². The highest BCUT2D eigenvalue weighted by atomic mass is 19.1. The third kappa shape index (κ3) is 3.14. The third-order valence-electron chi connectivity index (χ3n) is 3.70. The van der Waals surface area contributed by atoms with Gasteiger partial charge in [-0.05, 0) is 31.0 Å². The molecule has 0 spiro atoms. The summed E-state index contributed by atoms with van der Waals surface area (Å²) in [6, 6.07) is 5.86. The highest BCUT2D eigenvalue weighted by Crippen LogP contribution is 2.24. The molecule has 1 saturated heterocycles. The Labute approximate surface area is 122 Å². The number of morpholine rings is 1. The summed E-state index contributed by atoms with van der Waals surface area (Å²) in [5.41, 5.74) is 0.795. The first-order valence-corrected chi connectivity index (χ1v) is 7.03. The number of carbonyl (C=O) groups excluding carboxylic acids is 1. The van der Waals surface area contributed by atoms with Gasteiger partial charge in [-0.2, -0.15) is 5.26 Å². The third-order valence-corrected chi connectivity index (χ3v) is 3.70. The number of hydrogen-bond donors (Lipinski definition) is 1. The zero-order chi connectivity index (χ0) is 14.8. The predicted octanol–water partition coefficient (Wildman–Crippen LogP) is 1.18. The fourth-order valence-corrected chi connectivity index (χ4v) is 2.46. The van der Waals surface area contributed by atoms with E-state index in [0.29, 0.717) is 18.8 Å². The summed E-state index contributed by atoms with van der Waals surface area (Å²) in [6.07, 6.45) is 2.02. The van der Waals surface area contributed by atoms with Gasteiger partial charge in [-0.3, -0.25) is 4.79 Å². The number of nitrogens with one attached hydrogen (secondary N) is 1. The second-order valence-corrected chi connectivity index (χ2v) is 5.38. The molecule has 1 heterocycles. The van der Waals surface area contributed by atoms with Gasteiger partial charge in [0.2, 0.25) is 5.91 Å². The highest BCUT2D eigenvalue weighted by Gasteiger charge is 2.33. The lowest BCUT2D eigenvalue weighted by molar-refractivity contribution is -0.124. The largest absolute Gasteiger partial charge is 0.377 e. The van der Waals surface area contributed by atoms with Gasteiger partial charge < -0.3 is 15.0 Å². The molecule has 1 unspecified atom stereocenters. The normalized spacial score (nSPS) is 21.7. The molecular weight excluding hydrogens is 273 g/mol. The molecule has 0 bridgehead atoms. The Kier molecular flexibility index (Phi) is 3.76. The average molecular weight is 289 g/mol. The van der Waals surface area contributed by atoms with Gasteiger partial charge in [0.05, 0.1) is 24.8 Å². The van der Waals surface area contributed by atoms with Gasteiger partial charge in [-0.15, -0.1) is 0 Å². The molecule has 0 aromatic heterocycles. The summed E-state index contributed by atoms with van der Waals surface area (Å²) in [5.74, 6) is -0.572. The van der Waals surface area contributed by atoms with E-state index in [1.54, 1.807) is 6.07 Å². The first kappa shape index (κ1) is 13.8. The van der Waals surface area contributed by atoms with Crippen LogP contribution in [0.3, 0.4) is 0 Å². The fourth-order valence-electron chi connectivity index (χ4n) is 2.46. The maximum absolute atomic E-state index is 13.6. The lowest BCUT2D eigenvalue weighted by atomic mass is 10.1. The van der Waals surface area contributed by atoms with E-state index in [4.69, 9.17) is 10.00 Å². The zero-order valence-electron chi connectivity index (χ0n) is 11.5. The van der Waals surface area contributed by atoms with Crippen molar-refractivity contribution in [2.45, 2.75) is 24.9 Å². The zero-order valence-corrected chi connectivity index (χ0v) is 11.5. The molecule has 1 aromatic carbocycles. The summed E-state index contributed by atoms with van der Waals surface area (Å²) >= 11 is 0. The number of nitrogens with zero attached hydrogens (tertiary/aromatic N) is 2. The van der Waals surface area contributed by atoms with Gasteiger partial charge >= 0.3 is 0 Å². The standard InChI is InChI=1S/C15H16FN3O2/c16-11-5-10(8-17)6-13(7-11)19-3-4-21-9-14(19)15(20)18-12-1-2-12/h5-7,12,14H,1-4,9H2,(H,18,20). The van der Waals surface area contributed by atoms with Gasteiger partial charge in [0.25, 0.3) is 0 Å². The Bertz CT molecular complexity index is 595. The molecule has 1 atom stereocenters. The van der Waals surface area contributed by atoms with Crippen LogP contribution in [0, 0.1) is 17.1 Å². The van der Waals surface area contributed by atoms with Gasteiger partial charge in [-0.1, -0.05) is 0 Å². The van der Waals surface area contributed by atoms with Crippen molar-refractivity contribution in [2.24, 2.45) is 0 Å². The van der Waals surface area contributed by atoms with Gasteiger partial charge in [0, 0.05) is 18.3 Å². The second kappa shape index (κ2) is 5.70. The van der Waals surface area contributed by atoms with Crippen molar-refractivity contribution in [2.75, 3.05) is 24.7 Å². The van der Waals surface area contributed by atoms with Gasteiger partial charge in [0.1, 0.15) is 11.9 Å². The summed E-state index contributed by atoms with van der Waals surface area (Å²) in [5, 5.41) is 11.9. The molecular formula is C15H16FN3O2. The molecule has 21 heavy (non-hydrogen) atoms. The molecule has 0 radical (unpaired) electrons. The first-order chi connectivity index (χ1) is 10.2. The smallest absolute Gasteiger partial charge is 0.245 e. The molecule has 1 saturated carbocycles. The number of nitriles is 1. The van der Waals surface area contributed by atoms with Crippen molar-refractivity contribution in [3.8, 4) is 6.07 Å². The van der Waals surface area contributed by atoms with Crippen LogP contribution in [-0.2, 0) is 9.53 Å². The van der Waals surface area contributed by atoms with E-state index in [9.17, 15) is 9.18 Å². The molecule has 2 fully saturated rings. The van der Waals surface area contributed by atoms with Crippen LogP contribution in [0.1, 0.15) is 18.4 Å². The van der Waals surface area contributed by atoms with Crippen molar-refractivity contribution in [3.05, 3.63) is 29.6 Å². The van der Waals surface area contributed by atoms with E-state index in [2.05, 4.69) is 5.32 Å². The van der Waals surface area contributed by atoms with Gasteiger partial charge in [0.15, 0.2) is 0 Å². The molecule has 3 rings (SSSR count). The summed E-state index contributed by atoms with van der Waals surface area (Å²) < 4.78 is 19.0. The SMILES string of the molecule is N#Cc1cc(F)cc(N2CCOCC2C(=O)NC2CC2)c1. The highest BCUT2D eigenvalue weighted by molar-refractivity contribution is 5.86. The Balaban J connectivity index is 1.84. The van der Waals surface area contributed by atoms with Crippen LogP contribution in [0.2, 0.25) is 0 Å². The first-order valence-electron chi connectivity index (χ1n) is 7.03. The monoisotopic (exact) mass is 289 g/mol. The molecule has 1 aromatic rings. The van der Waals surface area contributed by atoms with Crippen molar-refractivity contribution < 1.29 is 13.9 Å². The quantitative estimate of drug-likeness (QED) is 0.907. The summed E-state index contributed by atoms with van der Waals surface area (Å²) in [4.78, 5) is 14.1. The summed E-state index contributed by atoms with van der Waals surface area (Å²) in [6.45, 7) is 1.25. The maximum Gasteiger partial charge on any atom is 0.245 e. The van der Waals surface area contributed by atoms with E-state index in [1.165, 1.54) is 12.1 Å². The van der Waals surface area contributed by atoms with Crippen LogP contribution in [0.25, 0.3) is 0 Å². The van der Waals surface area contributed by atoms with Crippen LogP contribution < -0.4 is 10.2 Å². The Morgan fingerprint density at radius 1 is 1.43 bits per heavy atom. The minimum Gasteiger partial charge on any atom is -0.377 e. The Hall–Kier alpha value is -2.13. The number of ether oxygens (including phenoxy) is 1. The second-order valence-electron chi connectivity index (χ2n) is 5.38. The van der Waals surface area contributed by atoms with Crippen molar-refractivity contribution in [3.63, 3.8) is 0 Å². The molecule has 1 aliphatic carbocycles. The van der Waals surface area contributed by atoms with E-state index >= 15 is 0 Å². The van der Waals surface area contributed by atoms with E-state index in [-0.39, 0.29) is 24.1 Å². The number of hydrogen-bond acceptors (Lipinski definition) is 4. The van der Waals surface area contributed by atoms with Crippen molar-refractivity contribution >= 4 is 11.6 Å². The topological polar surface area (TPSA) is 65.4 Å². The summed E-state index contributed by atoms with van der Waals surface area (Å²) in [7, 11) is 0. The molecule has 110 valence electrons. The molecule has 1 N–H and O–H groups in total. The molecule has 2 aliphatic rings. The number of anilines is 1.